The fourth-order valence-corrected chi connectivity index (χ4v) is 2.68. The number of nitrogens with zero attached hydrogens (tertiary/aromatic N) is 2. The average Bonchev–Trinajstić information content (AvgIpc) is 2.62. The number of amides is 1. The number of hydrogen-bond donors (Lipinski definition) is 1. The zero-order valence-electron chi connectivity index (χ0n) is 15.6. The van der Waals surface area contributed by atoms with Crippen LogP contribution in [-0.4, -0.2) is 15.9 Å². The van der Waals surface area contributed by atoms with Crippen LogP contribution in [-0.2, 0) is 0 Å². The van der Waals surface area contributed by atoms with E-state index in [0.717, 1.165) is 11.3 Å². The summed E-state index contributed by atoms with van der Waals surface area (Å²) in [5, 5.41) is 2.91. The molecule has 3 aromatic rings. The lowest BCUT2D eigenvalue weighted by atomic mass is 10.0. The lowest BCUT2D eigenvalue weighted by Crippen LogP contribution is -2.15. The van der Waals surface area contributed by atoms with Gasteiger partial charge in [0.2, 0.25) is 0 Å². The van der Waals surface area contributed by atoms with Crippen molar-refractivity contribution in [2.45, 2.75) is 33.6 Å². The Morgan fingerprint density at radius 1 is 0.962 bits per heavy atom. The maximum Gasteiger partial charge on any atom is 0.259 e. The third-order valence-corrected chi connectivity index (χ3v) is 4.37. The standard InChI is InChI=1S/C22H23N3O/c1-14(2)17-9-11-19(12-10-17)25-22(26)20-13-23-21(24-16(20)4)18-7-5-15(3)6-8-18/h5-14H,1-4H3,(H,25,26). The quantitative estimate of drug-likeness (QED) is 0.712. The largest absolute Gasteiger partial charge is 0.322 e. The Morgan fingerprint density at radius 2 is 1.62 bits per heavy atom. The fraction of sp³-hybridized carbons (Fsp3) is 0.227. The maximum absolute atomic E-state index is 12.6. The van der Waals surface area contributed by atoms with Crippen LogP contribution in [0, 0.1) is 13.8 Å². The molecule has 1 heterocycles. The van der Waals surface area contributed by atoms with Gasteiger partial charge in [-0.2, -0.15) is 0 Å². The molecule has 2 aromatic carbocycles. The molecule has 0 bridgehead atoms. The molecule has 26 heavy (non-hydrogen) atoms. The lowest BCUT2D eigenvalue weighted by molar-refractivity contribution is 0.102. The highest BCUT2D eigenvalue weighted by molar-refractivity contribution is 6.04. The van der Waals surface area contributed by atoms with Crippen LogP contribution in [0.5, 0.6) is 0 Å². The van der Waals surface area contributed by atoms with E-state index in [1.165, 1.54) is 11.1 Å². The van der Waals surface area contributed by atoms with Crippen LogP contribution >= 0.6 is 0 Å². The first-order valence-electron chi connectivity index (χ1n) is 8.76. The maximum atomic E-state index is 12.6. The van der Waals surface area contributed by atoms with Crippen LogP contribution in [0.3, 0.4) is 0 Å². The van der Waals surface area contributed by atoms with Crippen LogP contribution in [0.25, 0.3) is 11.4 Å². The van der Waals surface area contributed by atoms with Gasteiger partial charge >= 0.3 is 0 Å². The molecule has 3 rings (SSSR count). The number of carbonyl (C=O) groups is 1. The first kappa shape index (κ1) is 17.8. The molecule has 0 atom stereocenters. The van der Waals surface area contributed by atoms with Crippen molar-refractivity contribution >= 4 is 11.6 Å². The summed E-state index contributed by atoms with van der Waals surface area (Å²) in [5.41, 5.74) is 5.27. The third kappa shape index (κ3) is 3.97. The Bertz CT molecular complexity index is 913. The number of anilines is 1. The van der Waals surface area contributed by atoms with Gasteiger partial charge in [0.05, 0.1) is 11.3 Å². The number of rotatable bonds is 4. The number of aryl methyl sites for hydroxylation is 2. The predicted octanol–water partition coefficient (Wildman–Crippen LogP) is 5.14. The third-order valence-electron chi connectivity index (χ3n) is 4.37. The highest BCUT2D eigenvalue weighted by Gasteiger charge is 2.13. The highest BCUT2D eigenvalue weighted by atomic mass is 16.1. The van der Waals surface area contributed by atoms with E-state index < -0.39 is 0 Å². The molecule has 0 aliphatic rings. The van der Waals surface area contributed by atoms with Crippen LogP contribution < -0.4 is 5.32 Å². The second-order valence-corrected chi connectivity index (χ2v) is 6.79. The Kier molecular flexibility index (Phi) is 5.12. The molecule has 4 nitrogen and oxygen atoms in total. The van der Waals surface area contributed by atoms with E-state index in [1.54, 1.807) is 6.20 Å². The molecule has 0 saturated heterocycles. The van der Waals surface area contributed by atoms with Crippen molar-refractivity contribution in [2.75, 3.05) is 5.32 Å². The van der Waals surface area contributed by atoms with Gasteiger partial charge in [0.15, 0.2) is 5.82 Å². The summed E-state index contributed by atoms with van der Waals surface area (Å²) in [4.78, 5) is 21.4. The molecule has 1 N–H and O–H groups in total. The number of carbonyl (C=O) groups excluding carboxylic acids is 1. The molecule has 0 radical (unpaired) electrons. The van der Waals surface area contributed by atoms with Gasteiger partial charge in [0, 0.05) is 17.4 Å². The monoisotopic (exact) mass is 345 g/mol. The van der Waals surface area contributed by atoms with Crippen LogP contribution in [0.4, 0.5) is 5.69 Å². The van der Waals surface area contributed by atoms with Gasteiger partial charge in [-0.25, -0.2) is 9.97 Å². The first-order valence-corrected chi connectivity index (χ1v) is 8.76. The molecule has 132 valence electrons. The Labute approximate surface area is 154 Å². The number of aromatic nitrogens is 2. The second-order valence-electron chi connectivity index (χ2n) is 6.79. The van der Waals surface area contributed by atoms with Gasteiger partial charge in [-0.3, -0.25) is 4.79 Å². The summed E-state index contributed by atoms with van der Waals surface area (Å²) in [7, 11) is 0. The number of hydrogen-bond acceptors (Lipinski definition) is 3. The van der Waals surface area contributed by atoms with Crippen molar-refractivity contribution in [3.8, 4) is 11.4 Å². The molecule has 0 fully saturated rings. The van der Waals surface area contributed by atoms with E-state index in [9.17, 15) is 4.79 Å². The van der Waals surface area contributed by atoms with Crippen molar-refractivity contribution in [1.82, 2.24) is 9.97 Å². The van der Waals surface area contributed by atoms with Gasteiger partial charge in [0.1, 0.15) is 0 Å². The molecule has 0 aliphatic heterocycles. The van der Waals surface area contributed by atoms with Gasteiger partial charge < -0.3 is 5.32 Å². The smallest absolute Gasteiger partial charge is 0.259 e. The summed E-state index contributed by atoms with van der Waals surface area (Å²) in [6.07, 6.45) is 1.59. The summed E-state index contributed by atoms with van der Waals surface area (Å²) in [5.74, 6) is 0.889. The molecule has 0 unspecified atom stereocenters. The Balaban J connectivity index is 1.78. The van der Waals surface area contributed by atoms with Gasteiger partial charge in [-0.1, -0.05) is 55.8 Å². The predicted molar refractivity (Wildman–Crippen MR) is 105 cm³/mol. The Morgan fingerprint density at radius 3 is 2.19 bits per heavy atom. The zero-order valence-corrected chi connectivity index (χ0v) is 15.6. The van der Waals surface area contributed by atoms with Gasteiger partial charge in [0.25, 0.3) is 5.91 Å². The van der Waals surface area contributed by atoms with E-state index >= 15 is 0 Å². The van der Waals surface area contributed by atoms with Crippen molar-refractivity contribution in [3.63, 3.8) is 0 Å². The van der Waals surface area contributed by atoms with Gasteiger partial charge in [-0.15, -0.1) is 0 Å². The average molecular weight is 345 g/mol. The van der Waals surface area contributed by atoms with E-state index in [0.29, 0.717) is 23.0 Å². The van der Waals surface area contributed by atoms with E-state index in [2.05, 4.69) is 29.1 Å². The highest BCUT2D eigenvalue weighted by Crippen LogP contribution is 2.19. The Hall–Kier alpha value is -3.01. The van der Waals surface area contributed by atoms with E-state index in [-0.39, 0.29) is 5.91 Å². The van der Waals surface area contributed by atoms with Crippen LogP contribution in [0.15, 0.2) is 54.7 Å². The van der Waals surface area contributed by atoms with E-state index in [4.69, 9.17) is 0 Å². The van der Waals surface area contributed by atoms with Crippen molar-refractivity contribution in [1.29, 1.82) is 0 Å². The molecule has 1 amide bonds. The van der Waals surface area contributed by atoms with Crippen molar-refractivity contribution in [3.05, 3.63) is 77.1 Å². The van der Waals surface area contributed by atoms with Gasteiger partial charge in [-0.05, 0) is 37.5 Å². The van der Waals surface area contributed by atoms with Crippen LogP contribution in [0.2, 0.25) is 0 Å². The summed E-state index contributed by atoms with van der Waals surface area (Å²) >= 11 is 0. The van der Waals surface area contributed by atoms with Crippen molar-refractivity contribution in [2.24, 2.45) is 0 Å². The lowest BCUT2D eigenvalue weighted by Gasteiger charge is -2.10. The number of nitrogens with one attached hydrogen (secondary N) is 1. The summed E-state index contributed by atoms with van der Waals surface area (Å²) < 4.78 is 0. The van der Waals surface area contributed by atoms with Crippen LogP contribution in [0.1, 0.15) is 46.9 Å². The molecule has 0 spiro atoms. The van der Waals surface area contributed by atoms with Crippen molar-refractivity contribution < 1.29 is 4.79 Å². The minimum atomic E-state index is -0.199. The minimum absolute atomic E-state index is 0.199. The minimum Gasteiger partial charge on any atom is -0.322 e. The number of benzene rings is 2. The molecule has 0 saturated carbocycles. The zero-order chi connectivity index (χ0) is 18.7. The van der Waals surface area contributed by atoms with E-state index in [1.807, 2.05) is 62.4 Å². The molecule has 4 heteroatoms. The SMILES string of the molecule is Cc1ccc(-c2ncc(C(=O)Nc3ccc(C(C)C)cc3)c(C)n2)cc1. The summed E-state index contributed by atoms with van der Waals surface area (Å²) in [6, 6.07) is 15.9. The molecular weight excluding hydrogens is 322 g/mol. The second kappa shape index (κ2) is 7.48. The fourth-order valence-electron chi connectivity index (χ4n) is 2.68. The summed E-state index contributed by atoms with van der Waals surface area (Å²) in [6.45, 7) is 8.15. The molecule has 0 aliphatic carbocycles. The first-order chi connectivity index (χ1) is 12.4. The molecule has 1 aromatic heterocycles. The normalized spacial score (nSPS) is 10.8. The topological polar surface area (TPSA) is 54.9 Å². The molecular formula is C22H23N3O.